The fourth-order valence-electron chi connectivity index (χ4n) is 2.87. The fourth-order valence-corrected chi connectivity index (χ4v) is 3.39. The molecule has 1 heterocycles. The number of carbonyl (C=O) groups is 1. The molecule has 126 valence electrons. The van der Waals surface area contributed by atoms with Crippen LogP contribution in [0.5, 0.6) is 0 Å². The Morgan fingerprint density at radius 3 is 2.35 bits per heavy atom. The Morgan fingerprint density at radius 1 is 0.846 bits per heavy atom. The van der Waals surface area contributed by atoms with E-state index in [2.05, 4.69) is 27.9 Å². The third-order valence-corrected chi connectivity index (χ3v) is 5.09. The fraction of sp³-hybridized carbons (Fsp3) is 0. The largest absolute Gasteiger partial charge is 0.321 e. The van der Waals surface area contributed by atoms with Gasteiger partial charge in [0.25, 0.3) is 5.91 Å². The van der Waals surface area contributed by atoms with Crippen LogP contribution in [0.2, 0.25) is 0 Å². The molecule has 0 aliphatic heterocycles. The van der Waals surface area contributed by atoms with E-state index in [-0.39, 0.29) is 5.91 Å². The first-order chi connectivity index (χ1) is 12.7. The monoisotopic (exact) mass is 450 g/mol. The molecular weight excluding hydrogens is 435 g/mol. The topological polar surface area (TPSA) is 42.0 Å². The molecule has 26 heavy (non-hydrogen) atoms. The second-order valence-electron chi connectivity index (χ2n) is 5.87. The van der Waals surface area contributed by atoms with Crippen LogP contribution in [-0.2, 0) is 0 Å². The average Bonchev–Trinajstić information content (AvgIpc) is 2.69. The Labute approximate surface area is 165 Å². The number of hydrogen-bond acceptors (Lipinski definition) is 2. The molecule has 1 N–H and O–H groups in total. The number of benzene rings is 3. The minimum atomic E-state index is -0.134. The van der Waals surface area contributed by atoms with E-state index >= 15 is 0 Å². The minimum absolute atomic E-state index is 0.134. The molecule has 3 nitrogen and oxygen atoms in total. The maximum atomic E-state index is 13.0. The van der Waals surface area contributed by atoms with Crippen molar-refractivity contribution in [3.8, 4) is 11.3 Å². The van der Waals surface area contributed by atoms with Gasteiger partial charge in [0.15, 0.2) is 0 Å². The summed E-state index contributed by atoms with van der Waals surface area (Å²) in [4.78, 5) is 17.8. The van der Waals surface area contributed by atoms with Crippen molar-refractivity contribution in [1.29, 1.82) is 0 Å². The van der Waals surface area contributed by atoms with Gasteiger partial charge in [-0.25, -0.2) is 4.98 Å². The summed E-state index contributed by atoms with van der Waals surface area (Å²) in [5, 5.41) is 3.87. The number of amides is 1. The molecular formula is C22H15IN2O. The van der Waals surface area contributed by atoms with E-state index in [9.17, 15) is 4.79 Å². The number of nitrogens with zero attached hydrogens (tertiary/aromatic N) is 1. The lowest BCUT2D eigenvalue weighted by atomic mass is 10.0. The van der Waals surface area contributed by atoms with Crippen LogP contribution in [0.15, 0.2) is 84.9 Å². The van der Waals surface area contributed by atoms with Crippen molar-refractivity contribution in [3.63, 3.8) is 0 Å². The molecule has 0 saturated carbocycles. The molecule has 3 aromatic carbocycles. The first kappa shape index (κ1) is 16.7. The Bertz CT molecular complexity index is 1090. The van der Waals surface area contributed by atoms with E-state index in [1.54, 1.807) is 0 Å². The highest BCUT2D eigenvalue weighted by Crippen LogP contribution is 2.26. The predicted octanol–water partition coefficient (Wildman–Crippen LogP) is 5.76. The highest BCUT2D eigenvalue weighted by molar-refractivity contribution is 14.1. The zero-order valence-corrected chi connectivity index (χ0v) is 16.0. The summed E-state index contributed by atoms with van der Waals surface area (Å²) in [6, 6.07) is 27.2. The molecule has 0 spiro atoms. The maximum Gasteiger partial charge on any atom is 0.256 e. The van der Waals surface area contributed by atoms with E-state index < -0.39 is 0 Å². The van der Waals surface area contributed by atoms with Gasteiger partial charge in [0, 0.05) is 14.5 Å². The molecule has 0 aliphatic rings. The Balaban J connectivity index is 1.83. The van der Waals surface area contributed by atoms with Crippen molar-refractivity contribution in [2.45, 2.75) is 0 Å². The summed E-state index contributed by atoms with van der Waals surface area (Å²) in [7, 11) is 0. The van der Waals surface area contributed by atoms with E-state index in [1.807, 2.05) is 84.9 Å². The smallest absolute Gasteiger partial charge is 0.256 e. The summed E-state index contributed by atoms with van der Waals surface area (Å²) in [6.07, 6.45) is 0. The second-order valence-corrected chi connectivity index (χ2v) is 7.03. The number of rotatable bonds is 3. The molecule has 4 heteroatoms. The van der Waals surface area contributed by atoms with Crippen LogP contribution in [-0.4, -0.2) is 10.9 Å². The standard InChI is InChI=1S/C22H15IN2O/c23-18-11-5-7-13-20(18)25-22(26)17-14-21(15-8-2-1-3-9-15)24-19-12-6-4-10-16(17)19/h1-14H,(H,25,26). The van der Waals surface area contributed by atoms with Gasteiger partial charge < -0.3 is 5.32 Å². The van der Waals surface area contributed by atoms with Crippen LogP contribution < -0.4 is 5.32 Å². The van der Waals surface area contributed by atoms with E-state index in [1.165, 1.54) is 0 Å². The van der Waals surface area contributed by atoms with Crippen molar-refractivity contribution < 1.29 is 4.79 Å². The molecule has 0 saturated heterocycles. The van der Waals surface area contributed by atoms with Crippen LogP contribution in [0.4, 0.5) is 5.69 Å². The van der Waals surface area contributed by atoms with Gasteiger partial charge >= 0.3 is 0 Å². The summed E-state index contributed by atoms with van der Waals surface area (Å²) in [6.45, 7) is 0. The minimum Gasteiger partial charge on any atom is -0.321 e. The number of aromatic nitrogens is 1. The third-order valence-electron chi connectivity index (χ3n) is 4.15. The maximum absolute atomic E-state index is 13.0. The molecule has 4 rings (SSSR count). The zero-order chi connectivity index (χ0) is 17.9. The van der Waals surface area contributed by atoms with E-state index in [0.717, 1.165) is 31.4 Å². The van der Waals surface area contributed by atoms with Crippen LogP contribution in [0.1, 0.15) is 10.4 Å². The van der Waals surface area contributed by atoms with Crippen molar-refractivity contribution in [2.75, 3.05) is 5.32 Å². The van der Waals surface area contributed by atoms with Gasteiger partial charge in [0.05, 0.1) is 22.5 Å². The van der Waals surface area contributed by atoms with Gasteiger partial charge in [-0.1, -0.05) is 60.7 Å². The quantitative estimate of drug-likeness (QED) is 0.404. The number of carbonyl (C=O) groups excluding carboxylic acids is 1. The van der Waals surface area contributed by atoms with Gasteiger partial charge in [0.1, 0.15) is 0 Å². The SMILES string of the molecule is O=C(Nc1ccccc1I)c1cc(-c2ccccc2)nc2ccccc12. The molecule has 0 atom stereocenters. The van der Waals surface area contributed by atoms with Crippen LogP contribution in [0, 0.1) is 3.57 Å². The number of nitrogens with one attached hydrogen (secondary N) is 1. The number of para-hydroxylation sites is 2. The molecule has 0 bridgehead atoms. The highest BCUT2D eigenvalue weighted by atomic mass is 127. The van der Waals surface area contributed by atoms with Crippen molar-refractivity contribution >= 4 is 45.1 Å². The molecule has 4 aromatic rings. The number of hydrogen-bond donors (Lipinski definition) is 1. The molecule has 0 aliphatic carbocycles. The lowest BCUT2D eigenvalue weighted by molar-refractivity contribution is 0.102. The number of halogens is 1. The first-order valence-corrected chi connectivity index (χ1v) is 9.31. The normalized spacial score (nSPS) is 10.7. The average molecular weight is 450 g/mol. The van der Waals surface area contributed by atoms with Crippen LogP contribution in [0.3, 0.4) is 0 Å². The van der Waals surface area contributed by atoms with Crippen LogP contribution in [0.25, 0.3) is 22.2 Å². The third kappa shape index (κ3) is 3.32. The molecule has 1 aromatic heterocycles. The van der Waals surface area contributed by atoms with E-state index in [4.69, 9.17) is 4.98 Å². The lowest BCUT2D eigenvalue weighted by Gasteiger charge is -2.11. The molecule has 0 radical (unpaired) electrons. The zero-order valence-electron chi connectivity index (χ0n) is 13.8. The number of pyridine rings is 1. The Kier molecular flexibility index (Phi) is 4.67. The van der Waals surface area contributed by atoms with Crippen LogP contribution >= 0.6 is 22.6 Å². The van der Waals surface area contributed by atoms with Gasteiger partial charge in [-0.3, -0.25) is 4.79 Å². The predicted molar refractivity (Wildman–Crippen MR) is 114 cm³/mol. The van der Waals surface area contributed by atoms with Gasteiger partial charge in [-0.2, -0.15) is 0 Å². The summed E-state index contributed by atoms with van der Waals surface area (Å²) < 4.78 is 1.00. The van der Waals surface area contributed by atoms with Gasteiger partial charge in [-0.15, -0.1) is 0 Å². The highest BCUT2D eigenvalue weighted by Gasteiger charge is 2.14. The second kappa shape index (κ2) is 7.25. The van der Waals surface area contributed by atoms with E-state index in [0.29, 0.717) is 5.56 Å². The van der Waals surface area contributed by atoms with Crippen molar-refractivity contribution in [1.82, 2.24) is 4.98 Å². The Hall–Kier alpha value is -2.73. The van der Waals surface area contributed by atoms with Crippen molar-refractivity contribution in [2.24, 2.45) is 0 Å². The lowest BCUT2D eigenvalue weighted by Crippen LogP contribution is -2.14. The number of fused-ring (bicyclic) bond motifs is 1. The summed E-state index contributed by atoms with van der Waals surface area (Å²) in [5.74, 6) is -0.134. The molecule has 0 fully saturated rings. The van der Waals surface area contributed by atoms with Gasteiger partial charge in [-0.05, 0) is 46.9 Å². The first-order valence-electron chi connectivity index (χ1n) is 8.23. The Morgan fingerprint density at radius 2 is 1.54 bits per heavy atom. The molecule has 1 amide bonds. The summed E-state index contributed by atoms with van der Waals surface area (Å²) >= 11 is 2.22. The summed E-state index contributed by atoms with van der Waals surface area (Å²) in [5.41, 5.74) is 4.01. The molecule has 0 unspecified atom stereocenters. The van der Waals surface area contributed by atoms with Crippen molar-refractivity contribution in [3.05, 3.63) is 94.1 Å². The van der Waals surface area contributed by atoms with Gasteiger partial charge in [0.2, 0.25) is 0 Å². The number of anilines is 1.